The second-order valence-corrected chi connectivity index (χ2v) is 3.29. The van der Waals surface area contributed by atoms with E-state index in [-0.39, 0.29) is 0 Å². The van der Waals surface area contributed by atoms with Crippen LogP contribution in [0.5, 0.6) is 0 Å². The van der Waals surface area contributed by atoms with Crippen LogP contribution in [0.2, 0.25) is 0 Å². The fraction of sp³-hybridized carbons (Fsp3) is 0.200. The van der Waals surface area contributed by atoms with Crippen molar-refractivity contribution in [1.82, 2.24) is 0 Å². The van der Waals surface area contributed by atoms with E-state index in [4.69, 9.17) is 16.6 Å². The summed E-state index contributed by atoms with van der Waals surface area (Å²) in [5.41, 5.74) is 9.25. The highest BCUT2D eigenvalue weighted by Gasteiger charge is 2.37. The number of carboxylic acid groups (broad SMARTS) is 1. The summed E-state index contributed by atoms with van der Waals surface area (Å²) in [6.45, 7) is 0. The first kappa shape index (κ1) is 11.2. The second-order valence-electron chi connectivity index (χ2n) is 3.29. The Bertz CT molecular complexity index is 378. The van der Waals surface area contributed by atoms with Crippen LogP contribution in [0.3, 0.4) is 0 Å². The predicted molar refractivity (Wildman–Crippen MR) is 53.8 cm³/mol. The highest BCUT2D eigenvalue weighted by atomic mass is 16.4. The van der Waals surface area contributed by atoms with Crippen LogP contribution in [0, 0.1) is 0 Å². The van der Waals surface area contributed by atoms with E-state index >= 15 is 0 Å². The van der Waals surface area contributed by atoms with Gasteiger partial charge in [0.1, 0.15) is 5.54 Å². The van der Waals surface area contributed by atoms with Crippen molar-refractivity contribution in [2.75, 3.05) is 0 Å². The average Bonchev–Trinajstić information content (AvgIpc) is 2.17. The third-order valence-electron chi connectivity index (χ3n) is 2.12. The van der Waals surface area contributed by atoms with Gasteiger partial charge in [-0.2, -0.15) is 0 Å². The average molecular weight is 208 g/mol. The Morgan fingerprint density at radius 1 is 1.27 bits per heavy atom. The summed E-state index contributed by atoms with van der Waals surface area (Å²) in [5.74, 6) is -2.02. The SMILES string of the molecule is NC(=O)CC(N)(C(=O)O)c1ccccc1. The van der Waals surface area contributed by atoms with Gasteiger partial charge in [-0.25, -0.2) is 4.79 Å². The first-order valence-electron chi connectivity index (χ1n) is 4.33. The maximum atomic E-state index is 11.0. The Labute approximate surface area is 86.7 Å². The standard InChI is InChI=1S/C10H12N2O3/c11-8(13)6-10(12,9(14)15)7-4-2-1-3-5-7/h1-5H,6,12H2,(H2,11,13)(H,14,15). The number of carbonyl (C=O) groups excluding carboxylic acids is 1. The first-order valence-corrected chi connectivity index (χ1v) is 4.33. The van der Waals surface area contributed by atoms with E-state index in [0.29, 0.717) is 5.56 Å². The van der Waals surface area contributed by atoms with Crippen LogP contribution in [0.4, 0.5) is 0 Å². The second kappa shape index (κ2) is 4.10. The van der Waals surface area contributed by atoms with Crippen molar-refractivity contribution in [3.63, 3.8) is 0 Å². The molecule has 0 aliphatic rings. The third kappa shape index (κ3) is 2.32. The molecular weight excluding hydrogens is 196 g/mol. The molecule has 1 atom stereocenters. The van der Waals surface area contributed by atoms with Gasteiger partial charge in [-0.1, -0.05) is 30.3 Å². The topological polar surface area (TPSA) is 106 Å². The Morgan fingerprint density at radius 2 is 1.80 bits per heavy atom. The predicted octanol–water partition coefficient (Wildman–Crippen LogP) is -0.199. The highest BCUT2D eigenvalue weighted by molar-refractivity contribution is 5.88. The minimum Gasteiger partial charge on any atom is -0.480 e. The molecule has 1 aromatic rings. The molecule has 1 amide bonds. The molecule has 1 rings (SSSR count). The lowest BCUT2D eigenvalue weighted by Gasteiger charge is -2.23. The number of carboxylic acids is 1. The zero-order chi connectivity index (χ0) is 11.5. The maximum absolute atomic E-state index is 11.0. The van der Waals surface area contributed by atoms with Gasteiger partial charge >= 0.3 is 5.97 Å². The molecule has 0 heterocycles. The molecular formula is C10H12N2O3. The Morgan fingerprint density at radius 3 is 2.20 bits per heavy atom. The highest BCUT2D eigenvalue weighted by Crippen LogP contribution is 2.21. The van der Waals surface area contributed by atoms with Crippen molar-refractivity contribution in [2.24, 2.45) is 11.5 Å². The lowest BCUT2D eigenvalue weighted by Crippen LogP contribution is -2.47. The smallest absolute Gasteiger partial charge is 0.328 e. The number of benzene rings is 1. The van der Waals surface area contributed by atoms with Crippen LogP contribution in [0.1, 0.15) is 12.0 Å². The number of rotatable bonds is 4. The molecule has 5 N–H and O–H groups in total. The lowest BCUT2D eigenvalue weighted by atomic mass is 9.87. The number of amides is 1. The molecule has 5 heteroatoms. The van der Waals surface area contributed by atoms with Gasteiger partial charge in [-0.15, -0.1) is 0 Å². The van der Waals surface area contributed by atoms with E-state index in [2.05, 4.69) is 0 Å². The summed E-state index contributed by atoms with van der Waals surface area (Å²) in [7, 11) is 0. The number of nitrogens with two attached hydrogens (primary N) is 2. The van der Waals surface area contributed by atoms with E-state index in [1.165, 1.54) is 0 Å². The summed E-state index contributed by atoms with van der Waals surface area (Å²) in [6.07, 6.45) is -0.424. The molecule has 5 nitrogen and oxygen atoms in total. The van der Waals surface area contributed by atoms with Crippen molar-refractivity contribution in [1.29, 1.82) is 0 Å². The molecule has 80 valence electrons. The van der Waals surface area contributed by atoms with E-state index < -0.39 is 23.8 Å². The van der Waals surface area contributed by atoms with E-state index in [0.717, 1.165) is 0 Å². The number of primary amides is 1. The molecule has 1 unspecified atom stereocenters. The van der Waals surface area contributed by atoms with Crippen molar-refractivity contribution >= 4 is 11.9 Å². The van der Waals surface area contributed by atoms with Crippen molar-refractivity contribution in [3.05, 3.63) is 35.9 Å². The Hall–Kier alpha value is -1.88. The number of aliphatic carboxylic acids is 1. The molecule has 0 aromatic heterocycles. The van der Waals surface area contributed by atoms with Crippen LogP contribution >= 0.6 is 0 Å². The Kier molecular flexibility index (Phi) is 3.06. The molecule has 0 bridgehead atoms. The van der Waals surface area contributed by atoms with E-state index in [9.17, 15) is 9.59 Å². The molecule has 0 aliphatic carbocycles. The largest absolute Gasteiger partial charge is 0.480 e. The quantitative estimate of drug-likeness (QED) is 0.637. The van der Waals surface area contributed by atoms with E-state index in [1.54, 1.807) is 30.3 Å². The van der Waals surface area contributed by atoms with Crippen molar-refractivity contribution < 1.29 is 14.7 Å². The number of carbonyl (C=O) groups is 2. The summed E-state index contributed by atoms with van der Waals surface area (Å²) in [4.78, 5) is 21.8. The van der Waals surface area contributed by atoms with Crippen LogP contribution in [-0.4, -0.2) is 17.0 Å². The van der Waals surface area contributed by atoms with Crippen LogP contribution < -0.4 is 11.5 Å². The normalized spacial score (nSPS) is 14.2. The van der Waals surface area contributed by atoms with E-state index in [1.807, 2.05) is 0 Å². The zero-order valence-electron chi connectivity index (χ0n) is 8.01. The van der Waals surface area contributed by atoms with Crippen molar-refractivity contribution in [3.8, 4) is 0 Å². The van der Waals surface area contributed by atoms with Crippen LogP contribution in [0.25, 0.3) is 0 Å². The minimum absolute atomic E-state index is 0.358. The fourth-order valence-electron chi connectivity index (χ4n) is 1.31. The summed E-state index contributed by atoms with van der Waals surface area (Å²) in [6, 6.07) is 8.14. The van der Waals surface area contributed by atoms with Crippen molar-refractivity contribution in [2.45, 2.75) is 12.0 Å². The number of hydrogen-bond acceptors (Lipinski definition) is 3. The molecule has 0 fully saturated rings. The minimum atomic E-state index is -1.74. The molecule has 0 spiro atoms. The molecule has 0 radical (unpaired) electrons. The third-order valence-corrected chi connectivity index (χ3v) is 2.12. The van der Waals surface area contributed by atoms with Gasteiger partial charge in [0.2, 0.25) is 5.91 Å². The van der Waals surface area contributed by atoms with Gasteiger partial charge in [0.05, 0.1) is 6.42 Å². The summed E-state index contributed by atoms with van der Waals surface area (Å²) >= 11 is 0. The number of hydrogen-bond donors (Lipinski definition) is 3. The zero-order valence-corrected chi connectivity index (χ0v) is 8.01. The maximum Gasteiger partial charge on any atom is 0.328 e. The summed E-state index contributed by atoms with van der Waals surface area (Å²) < 4.78 is 0. The Balaban J connectivity index is 3.13. The summed E-state index contributed by atoms with van der Waals surface area (Å²) in [5, 5.41) is 9.00. The van der Waals surface area contributed by atoms with Gasteiger partial charge in [0.25, 0.3) is 0 Å². The lowest BCUT2D eigenvalue weighted by molar-refractivity contribution is -0.145. The van der Waals surface area contributed by atoms with Crippen LogP contribution in [-0.2, 0) is 15.1 Å². The first-order chi connectivity index (χ1) is 6.97. The molecule has 15 heavy (non-hydrogen) atoms. The molecule has 0 aliphatic heterocycles. The fourth-order valence-corrected chi connectivity index (χ4v) is 1.31. The molecule has 0 saturated carbocycles. The van der Waals surface area contributed by atoms with Gasteiger partial charge in [0.15, 0.2) is 0 Å². The molecule has 1 aromatic carbocycles. The van der Waals surface area contributed by atoms with Gasteiger partial charge in [-0.05, 0) is 5.56 Å². The monoisotopic (exact) mass is 208 g/mol. The van der Waals surface area contributed by atoms with Gasteiger partial charge < -0.3 is 16.6 Å². The van der Waals surface area contributed by atoms with Gasteiger partial charge in [0, 0.05) is 0 Å². The van der Waals surface area contributed by atoms with Crippen LogP contribution in [0.15, 0.2) is 30.3 Å². The van der Waals surface area contributed by atoms with Gasteiger partial charge in [-0.3, -0.25) is 4.79 Å². The molecule has 0 saturated heterocycles.